The minimum absolute atomic E-state index is 0.0456. The van der Waals surface area contributed by atoms with E-state index in [-0.39, 0.29) is 17.1 Å². The maximum Gasteiger partial charge on any atom is 0.232 e. The molecule has 1 amide bonds. The fourth-order valence-electron chi connectivity index (χ4n) is 2.51. The molecule has 0 N–H and O–H groups in total. The van der Waals surface area contributed by atoms with Crippen molar-refractivity contribution in [2.45, 2.75) is 20.3 Å². The quantitative estimate of drug-likeness (QED) is 0.852. The molecule has 3 rings (SSSR count). The van der Waals surface area contributed by atoms with Gasteiger partial charge in [0.15, 0.2) is 0 Å². The highest BCUT2D eigenvalue weighted by atomic mass is 19.1. The minimum atomic E-state index is -0.277. The molecule has 1 aromatic heterocycles. The van der Waals surface area contributed by atoms with E-state index >= 15 is 0 Å². The van der Waals surface area contributed by atoms with Gasteiger partial charge < -0.3 is 0 Å². The van der Waals surface area contributed by atoms with Crippen molar-refractivity contribution in [2.75, 3.05) is 11.4 Å². The molecule has 1 aliphatic rings. The van der Waals surface area contributed by atoms with Gasteiger partial charge >= 0.3 is 0 Å². The predicted octanol–water partition coefficient (Wildman–Crippen LogP) is 3.05. The molecule has 2 aromatic rings. The van der Waals surface area contributed by atoms with Crippen molar-refractivity contribution in [1.82, 2.24) is 9.97 Å². The first-order chi connectivity index (χ1) is 9.94. The number of carbonyl (C=O) groups is 1. The smallest absolute Gasteiger partial charge is 0.232 e. The minimum Gasteiger partial charge on any atom is -0.280 e. The molecule has 1 saturated heterocycles. The number of rotatable bonds is 2. The van der Waals surface area contributed by atoms with E-state index in [2.05, 4.69) is 23.8 Å². The van der Waals surface area contributed by atoms with Gasteiger partial charge in [0, 0.05) is 30.9 Å². The fraction of sp³-hybridized carbons (Fsp3) is 0.312. The summed E-state index contributed by atoms with van der Waals surface area (Å²) < 4.78 is 12.9. The molecular weight excluding hydrogens is 269 g/mol. The topological polar surface area (TPSA) is 46.1 Å². The van der Waals surface area contributed by atoms with Gasteiger partial charge in [-0.1, -0.05) is 26.0 Å². The lowest BCUT2D eigenvalue weighted by molar-refractivity contribution is -0.117. The van der Waals surface area contributed by atoms with Crippen LogP contribution in [0.5, 0.6) is 0 Å². The number of carbonyl (C=O) groups excluding carboxylic acids is 1. The molecule has 0 saturated carbocycles. The Bertz CT molecular complexity index is 665. The van der Waals surface area contributed by atoms with Crippen LogP contribution < -0.4 is 4.90 Å². The Morgan fingerprint density at radius 2 is 1.71 bits per heavy atom. The summed E-state index contributed by atoms with van der Waals surface area (Å²) in [6.45, 7) is 4.73. The molecule has 108 valence electrons. The largest absolute Gasteiger partial charge is 0.280 e. The van der Waals surface area contributed by atoms with Crippen LogP contribution in [0.25, 0.3) is 11.1 Å². The normalized spacial score (nSPS) is 17.3. The third kappa shape index (κ3) is 2.77. The number of hydrogen-bond donors (Lipinski definition) is 0. The van der Waals surface area contributed by atoms with Gasteiger partial charge in [0.1, 0.15) is 5.82 Å². The Labute approximate surface area is 122 Å². The van der Waals surface area contributed by atoms with Crippen molar-refractivity contribution in [3.05, 3.63) is 42.5 Å². The van der Waals surface area contributed by atoms with E-state index in [1.165, 1.54) is 12.1 Å². The van der Waals surface area contributed by atoms with Gasteiger partial charge in [0.2, 0.25) is 11.9 Å². The maximum absolute atomic E-state index is 12.9. The Balaban J connectivity index is 1.85. The van der Waals surface area contributed by atoms with E-state index in [1.807, 2.05) is 0 Å². The molecule has 5 heteroatoms. The summed E-state index contributed by atoms with van der Waals surface area (Å²) in [6.07, 6.45) is 3.83. The van der Waals surface area contributed by atoms with Gasteiger partial charge in [-0.3, -0.25) is 9.69 Å². The van der Waals surface area contributed by atoms with Gasteiger partial charge in [0.05, 0.1) is 0 Å². The molecule has 0 aliphatic carbocycles. The molecule has 21 heavy (non-hydrogen) atoms. The lowest BCUT2D eigenvalue weighted by Crippen LogP contribution is -2.27. The summed E-state index contributed by atoms with van der Waals surface area (Å²) in [7, 11) is 0. The maximum atomic E-state index is 12.9. The van der Waals surface area contributed by atoms with Crippen LogP contribution in [0.15, 0.2) is 36.7 Å². The first kappa shape index (κ1) is 13.7. The number of hydrogen-bond acceptors (Lipinski definition) is 3. The van der Waals surface area contributed by atoms with E-state index in [4.69, 9.17) is 0 Å². The fourth-order valence-corrected chi connectivity index (χ4v) is 2.51. The highest BCUT2D eigenvalue weighted by Crippen LogP contribution is 2.32. The lowest BCUT2D eigenvalue weighted by atomic mass is 9.93. The Morgan fingerprint density at radius 1 is 1.10 bits per heavy atom. The van der Waals surface area contributed by atoms with Gasteiger partial charge in [0.25, 0.3) is 0 Å². The first-order valence-corrected chi connectivity index (χ1v) is 6.83. The summed E-state index contributed by atoms with van der Waals surface area (Å²) in [6, 6.07) is 6.15. The molecule has 0 unspecified atom stereocenters. The summed E-state index contributed by atoms with van der Waals surface area (Å²) in [4.78, 5) is 22.2. The summed E-state index contributed by atoms with van der Waals surface area (Å²) >= 11 is 0. The van der Waals surface area contributed by atoms with Crippen molar-refractivity contribution >= 4 is 11.9 Å². The summed E-state index contributed by atoms with van der Waals surface area (Å²) in [5, 5.41) is 0. The monoisotopic (exact) mass is 285 g/mol. The average Bonchev–Trinajstić information content (AvgIpc) is 2.73. The Kier molecular flexibility index (Phi) is 3.20. The molecule has 4 nitrogen and oxygen atoms in total. The van der Waals surface area contributed by atoms with E-state index < -0.39 is 0 Å². The molecule has 1 fully saturated rings. The molecule has 2 heterocycles. The van der Waals surface area contributed by atoms with Gasteiger partial charge in [-0.25, -0.2) is 14.4 Å². The van der Waals surface area contributed by atoms with E-state index in [0.29, 0.717) is 18.9 Å². The van der Waals surface area contributed by atoms with E-state index in [1.54, 1.807) is 29.4 Å². The van der Waals surface area contributed by atoms with Gasteiger partial charge in [-0.05, 0) is 23.1 Å². The SMILES string of the molecule is CC1(C)CC(=O)N(c2ncc(-c3ccc(F)cc3)cn2)C1. The predicted molar refractivity (Wildman–Crippen MR) is 78.2 cm³/mol. The zero-order valence-corrected chi connectivity index (χ0v) is 12.0. The number of anilines is 1. The number of amides is 1. The lowest BCUT2D eigenvalue weighted by Gasteiger charge is -2.17. The van der Waals surface area contributed by atoms with Crippen molar-refractivity contribution < 1.29 is 9.18 Å². The zero-order valence-electron chi connectivity index (χ0n) is 12.0. The average molecular weight is 285 g/mol. The summed E-state index contributed by atoms with van der Waals surface area (Å²) in [5.74, 6) is 0.201. The van der Waals surface area contributed by atoms with Gasteiger partial charge in [-0.15, -0.1) is 0 Å². The van der Waals surface area contributed by atoms with E-state index in [0.717, 1.165) is 11.1 Å². The molecule has 0 spiro atoms. The molecule has 1 aliphatic heterocycles. The number of aromatic nitrogens is 2. The highest BCUT2D eigenvalue weighted by Gasteiger charge is 2.37. The van der Waals surface area contributed by atoms with Crippen LogP contribution in [0.1, 0.15) is 20.3 Å². The Morgan fingerprint density at radius 3 is 2.24 bits per heavy atom. The second kappa shape index (κ2) is 4.91. The number of nitrogens with zero attached hydrogens (tertiary/aromatic N) is 3. The second-order valence-electron chi connectivity index (χ2n) is 6.10. The van der Waals surface area contributed by atoms with Crippen LogP contribution in [-0.4, -0.2) is 22.4 Å². The molecular formula is C16H16FN3O. The van der Waals surface area contributed by atoms with Crippen molar-refractivity contribution in [2.24, 2.45) is 5.41 Å². The van der Waals surface area contributed by atoms with Crippen LogP contribution >= 0.6 is 0 Å². The van der Waals surface area contributed by atoms with Crippen LogP contribution in [0.3, 0.4) is 0 Å². The number of benzene rings is 1. The van der Waals surface area contributed by atoms with Crippen molar-refractivity contribution in [1.29, 1.82) is 0 Å². The second-order valence-corrected chi connectivity index (χ2v) is 6.10. The third-order valence-corrected chi connectivity index (χ3v) is 3.57. The standard InChI is InChI=1S/C16H16FN3O/c1-16(2)7-14(21)20(10-16)15-18-8-12(9-19-15)11-3-5-13(17)6-4-11/h3-6,8-9H,7,10H2,1-2H3. The number of halogens is 1. The van der Waals surface area contributed by atoms with E-state index in [9.17, 15) is 9.18 Å². The third-order valence-electron chi connectivity index (χ3n) is 3.57. The molecule has 0 atom stereocenters. The molecule has 0 radical (unpaired) electrons. The summed E-state index contributed by atoms with van der Waals surface area (Å²) in [5.41, 5.74) is 1.59. The van der Waals surface area contributed by atoms with Crippen LogP contribution in [0.4, 0.5) is 10.3 Å². The van der Waals surface area contributed by atoms with Crippen LogP contribution in [0, 0.1) is 11.2 Å². The first-order valence-electron chi connectivity index (χ1n) is 6.83. The van der Waals surface area contributed by atoms with Crippen LogP contribution in [0.2, 0.25) is 0 Å². The molecule has 0 bridgehead atoms. The zero-order chi connectivity index (χ0) is 15.0. The Hall–Kier alpha value is -2.30. The van der Waals surface area contributed by atoms with Gasteiger partial charge in [-0.2, -0.15) is 0 Å². The van der Waals surface area contributed by atoms with Crippen LogP contribution in [-0.2, 0) is 4.79 Å². The van der Waals surface area contributed by atoms with Crippen molar-refractivity contribution in [3.63, 3.8) is 0 Å². The molecule has 1 aromatic carbocycles. The van der Waals surface area contributed by atoms with Crippen molar-refractivity contribution in [3.8, 4) is 11.1 Å². The highest BCUT2D eigenvalue weighted by molar-refractivity contribution is 5.94.